The van der Waals surface area contributed by atoms with E-state index in [1.54, 1.807) is 0 Å². The Kier molecular flexibility index (Phi) is 4.75. The zero-order valence-corrected chi connectivity index (χ0v) is 10.3. The molecule has 2 heterocycles. The van der Waals surface area contributed by atoms with E-state index in [1.807, 2.05) is 12.1 Å². The average Bonchev–Trinajstić information content (AvgIpc) is 2.78. The molecule has 1 fully saturated rings. The highest BCUT2D eigenvalue weighted by atomic mass is 32.2. The second-order valence-corrected chi connectivity index (χ2v) is 5.44. The molecule has 1 aliphatic rings. The SMILES string of the molecule is OCc1ccc(CNCC2CCSCC2)o1. The normalized spacial score (nSPS) is 17.8. The van der Waals surface area contributed by atoms with Crippen molar-refractivity contribution in [3.8, 4) is 0 Å². The Morgan fingerprint density at radius 2 is 2.06 bits per heavy atom. The van der Waals surface area contributed by atoms with Crippen LogP contribution in [0.3, 0.4) is 0 Å². The molecule has 1 aromatic heterocycles. The van der Waals surface area contributed by atoms with E-state index in [0.29, 0.717) is 5.76 Å². The Balaban J connectivity index is 1.66. The summed E-state index contributed by atoms with van der Waals surface area (Å²) in [5, 5.41) is 12.3. The molecule has 0 spiro atoms. The van der Waals surface area contributed by atoms with Crippen LogP contribution in [0.2, 0.25) is 0 Å². The molecular formula is C12H19NO2S. The van der Waals surface area contributed by atoms with Gasteiger partial charge in [0, 0.05) is 0 Å². The highest BCUT2D eigenvalue weighted by Gasteiger charge is 2.13. The van der Waals surface area contributed by atoms with Crippen molar-refractivity contribution in [1.82, 2.24) is 5.32 Å². The first kappa shape index (κ1) is 12.0. The van der Waals surface area contributed by atoms with E-state index in [9.17, 15) is 0 Å². The summed E-state index contributed by atoms with van der Waals surface area (Å²) in [7, 11) is 0. The predicted molar refractivity (Wildman–Crippen MR) is 66.4 cm³/mol. The van der Waals surface area contributed by atoms with E-state index in [0.717, 1.165) is 24.8 Å². The number of thioether (sulfide) groups is 1. The van der Waals surface area contributed by atoms with E-state index in [4.69, 9.17) is 9.52 Å². The molecule has 1 aliphatic heterocycles. The Hall–Kier alpha value is -0.450. The van der Waals surface area contributed by atoms with Crippen LogP contribution in [0.5, 0.6) is 0 Å². The highest BCUT2D eigenvalue weighted by Crippen LogP contribution is 2.21. The molecule has 0 amide bonds. The Labute approximate surface area is 101 Å². The monoisotopic (exact) mass is 241 g/mol. The largest absolute Gasteiger partial charge is 0.462 e. The van der Waals surface area contributed by atoms with Gasteiger partial charge in [-0.15, -0.1) is 0 Å². The Morgan fingerprint density at radius 3 is 2.75 bits per heavy atom. The van der Waals surface area contributed by atoms with Crippen molar-refractivity contribution in [3.05, 3.63) is 23.7 Å². The average molecular weight is 241 g/mol. The van der Waals surface area contributed by atoms with Crippen LogP contribution < -0.4 is 5.32 Å². The van der Waals surface area contributed by atoms with Crippen LogP contribution in [-0.2, 0) is 13.2 Å². The van der Waals surface area contributed by atoms with Gasteiger partial charge in [-0.05, 0) is 48.9 Å². The third kappa shape index (κ3) is 3.54. The minimum atomic E-state index is -0.0140. The van der Waals surface area contributed by atoms with Gasteiger partial charge in [-0.2, -0.15) is 11.8 Å². The zero-order chi connectivity index (χ0) is 11.2. The summed E-state index contributed by atoms with van der Waals surface area (Å²) in [6.45, 7) is 1.83. The van der Waals surface area contributed by atoms with Crippen molar-refractivity contribution >= 4 is 11.8 Å². The van der Waals surface area contributed by atoms with Crippen LogP contribution in [-0.4, -0.2) is 23.2 Å². The quantitative estimate of drug-likeness (QED) is 0.827. The maximum Gasteiger partial charge on any atom is 0.129 e. The molecule has 4 heteroatoms. The van der Waals surface area contributed by atoms with Gasteiger partial charge >= 0.3 is 0 Å². The van der Waals surface area contributed by atoms with Crippen molar-refractivity contribution in [2.45, 2.75) is 26.0 Å². The highest BCUT2D eigenvalue weighted by molar-refractivity contribution is 7.99. The first-order chi connectivity index (χ1) is 7.88. The van der Waals surface area contributed by atoms with Crippen LogP contribution in [0.4, 0.5) is 0 Å². The number of furan rings is 1. The lowest BCUT2D eigenvalue weighted by atomic mass is 10.0. The molecule has 0 aliphatic carbocycles. The van der Waals surface area contributed by atoms with Crippen molar-refractivity contribution < 1.29 is 9.52 Å². The number of hydrogen-bond donors (Lipinski definition) is 2. The van der Waals surface area contributed by atoms with Crippen LogP contribution >= 0.6 is 11.8 Å². The van der Waals surface area contributed by atoms with E-state index in [-0.39, 0.29) is 6.61 Å². The number of hydrogen-bond acceptors (Lipinski definition) is 4. The first-order valence-electron chi connectivity index (χ1n) is 5.85. The minimum Gasteiger partial charge on any atom is -0.462 e. The lowest BCUT2D eigenvalue weighted by molar-refractivity contribution is 0.242. The van der Waals surface area contributed by atoms with E-state index in [1.165, 1.54) is 24.3 Å². The van der Waals surface area contributed by atoms with Crippen molar-refractivity contribution in [3.63, 3.8) is 0 Å². The lowest BCUT2D eigenvalue weighted by Gasteiger charge is -2.21. The number of aliphatic hydroxyl groups is 1. The van der Waals surface area contributed by atoms with Gasteiger partial charge in [0.05, 0.1) is 6.54 Å². The molecule has 16 heavy (non-hydrogen) atoms. The maximum absolute atomic E-state index is 8.86. The second-order valence-electron chi connectivity index (χ2n) is 4.21. The minimum absolute atomic E-state index is 0.0140. The van der Waals surface area contributed by atoms with Crippen LogP contribution in [0, 0.1) is 5.92 Å². The van der Waals surface area contributed by atoms with Gasteiger partial charge in [0.25, 0.3) is 0 Å². The molecule has 3 nitrogen and oxygen atoms in total. The van der Waals surface area contributed by atoms with Gasteiger partial charge < -0.3 is 14.8 Å². The molecule has 90 valence electrons. The fraction of sp³-hybridized carbons (Fsp3) is 0.667. The molecule has 0 bridgehead atoms. The molecule has 2 rings (SSSR count). The van der Waals surface area contributed by atoms with Crippen molar-refractivity contribution in [2.75, 3.05) is 18.1 Å². The summed E-state index contributed by atoms with van der Waals surface area (Å²) in [5.74, 6) is 5.00. The molecule has 0 unspecified atom stereocenters. The summed E-state index contributed by atoms with van der Waals surface area (Å²) < 4.78 is 5.41. The number of aliphatic hydroxyl groups excluding tert-OH is 1. The third-order valence-corrected chi connectivity index (χ3v) is 4.00. The number of nitrogens with one attached hydrogen (secondary N) is 1. The van der Waals surface area contributed by atoms with E-state index < -0.39 is 0 Å². The summed E-state index contributed by atoms with van der Waals surface area (Å²) >= 11 is 2.06. The predicted octanol–water partition coefficient (Wildman–Crippen LogP) is 2.00. The molecule has 1 aromatic rings. The second kappa shape index (κ2) is 6.33. The van der Waals surface area contributed by atoms with Crippen LogP contribution in [0.25, 0.3) is 0 Å². The summed E-state index contributed by atoms with van der Waals surface area (Å²) in [6, 6.07) is 3.75. The summed E-state index contributed by atoms with van der Waals surface area (Å²) in [4.78, 5) is 0. The van der Waals surface area contributed by atoms with Gasteiger partial charge in [0.1, 0.15) is 18.1 Å². The summed E-state index contributed by atoms with van der Waals surface area (Å²) in [5.41, 5.74) is 0. The molecule has 0 atom stereocenters. The van der Waals surface area contributed by atoms with E-state index >= 15 is 0 Å². The Morgan fingerprint density at radius 1 is 1.31 bits per heavy atom. The van der Waals surface area contributed by atoms with Gasteiger partial charge in [-0.1, -0.05) is 0 Å². The topological polar surface area (TPSA) is 45.4 Å². The molecule has 2 N–H and O–H groups in total. The lowest BCUT2D eigenvalue weighted by Crippen LogP contribution is -2.25. The molecule has 0 saturated carbocycles. The van der Waals surface area contributed by atoms with Crippen molar-refractivity contribution in [2.24, 2.45) is 5.92 Å². The Bertz CT molecular complexity index is 308. The van der Waals surface area contributed by atoms with Gasteiger partial charge in [0.15, 0.2) is 0 Å². The maximum atomic E-state index is 8.86. The van der Waals surface area contributed by atoms with Crippen molar-refractivity contribution in [1.29, 1.82) is 0 Å². The smallest absolute Gasteiger partial charge is 0.129 e. The molecule has 0 radical (unpaired) electrons. The fourth-order valence-corrected chi connectivity index (χ4v) is 3.16. The fourth-order valence-electron chi connectivity index (χ4n) is 1.95. The molecule has 1 saturated heterocycles. The van der Waals surface area contributed by atoms with E-state index in [2.05, 4.69) is 17.1 Å². The van der Waals surface area contributed by atoms with Crippen LogP contribution in [0.1, 0.15) is 24.4 Å². The standard InChI is InChI=1S/C12H19NO2S/c14-9-12-2-1-11(15-12)8-13-7-10-3-5-16-6-4-10/h1-2,10,13-14H,3-9H2. The van der Waals surface area contributed by atoms with Gasteiger partial charge in [-0.3, -0.25) is 0 Å². The first-order valence-corrected chi connectivity index (χ1v) is 7.01. The third-order valence-electron chi connectivity index (χ3n) is 2.95. The molecule has 0 aromatic carbocycles. The van der Waals surface area contributed by atoms with Crippen LogP contribution in [0.15, 0.2) is 16.5 Å². The summed E-state index contributed by atoms with van der Waals surface area (Å²) in [6.07, 6.45) is 2.66. The molecular weight excluding hydrogens is 222 g/mol. The van der Waals surface area contributed by atoms with Gasteiger partial charge in [-0.25, -0.2) is 0 Å². The zero-order valence-electron chi connectivity index (χ0n) is 9.45. The van der Waals surface area contributed by atoms with Gasteiger partial charge in [0.2, 0.25) is 0 Å². The number of rotatable bonds is 5.